The van der Waals surface area contributed by atoms with E-state index in [1.54, 1.807) is 25.1 Å². The highest BCUT2D eigenvalue weighted by atomic mass is 79.9. The van der Waals surface area contributed by atoms with Crippen molar-refractivity contribution in [3.05, 3.63) is 49.3 Å². The molecule has 0 radical (unpaired) electrons. The van der Waals surface area contributed by atoms with E-state index in [-0.39, 0.29) is 11.6 Å². The Morgan fingerprint density at radius 1 is 1.48 bits per heavy atom. The Morgan fingerprint density at radius 2 is 2.19 bits per heavy atom. The first-order valence-corrected chi connectivity index (χ1v) is 7.88. The summed E-state index contributed by atoms with van der Waals surface area (Å²) in [7, 11) is 0. The zero-order chi connectivity index (χ0) is 15.6. The first-order valence-electron chi connectivity index (χ1n) is 5.83. The molecule has 0 bridgehead atoms. The lowest BCUT2D eigenvalue weighted by molar-refractivity contribution is 0.0691. The van der Waals surface area contributed by atoms with Gasteiger partial charge in [-0.15, -0.1) is 11.3 Å². The lowest BCUT2D eigenvalue weighted by Crippen LogP contribution is -2.27. The van der Waals surface area contributed by atoms with Crippen molar-refractivity contribution in [2.45, 2.75) is 13.0 Å². The summed E-state index contributed by atoms with van der Waals surface area (Å²) in [6, 6.07) is 4.51. The number of benzene rings is 1. The van der Waals surface area contributed by atoms with E-state index >= 15 is 0 Å². The van der Waals surface area contributed by atoms with E-state index in [1.807, 2.05) is 0 Å². The van der Waals surface area contributed by atoms with Crippen LogP contribution in [0.4, 0.5) is 0 Å². The normalized spacial score (nSPS) is 12.0. The quantitative estimate of drug-likeness (QED) is 0.834. The monoisotopic (exact) mass is 388 g/mol. The third-order valence-corrected chi connectivity index (χ3v) is 4.59. The minimum Gasteiger partial charge on any atom is -0.476 e. The summed E-state index contributed by atoms with van der Waals surface area (Å²) < 4.78 is 0.627. The minimum atomic E-state index is -1.09. The molecule has 0 spiro atoms. The second-order valence-corrected chi connectivity index (χ2v) is 6.38. The first-order chi connectivity index (χ1) is 9.88. The maximum Gasteiger partial charge on any atom is 0.355 e. The number of carboxylic acid groups (broad SMARTS) is 1. The van der Waals surface area contributed by atoms with E-state index in [0.29, 0.717) is 20.1 Å². The molecule has 1 heterocycles. The lowest BCUT2D eigenvalue weighted by atomic mass is 10.2. The zero-order valence-corrected chi connectivity index (χ0v) is 13.9. The molecule has 5 nitrogen and oxygen atoms in total. The van der Waals surface area contributed by atoms with Gasteiger partial charge in [0.2, 0.25) is 0 Å². The SMILES string of the molecule is CC(NC(=O)c1cc(Cl)ccc1Br)c1nc(C(=O)O)cs1. The number of halogens is 2. The molecular weight excluding hydrogens is 380 g/mol. The molecule has 0 saturated heterocycles. The molecule has 1 unspecified atom stereocenters. The summed E-state index contributed by atoms with van der Waals surface area (Å²) in [5.41, 5.74) is 0.379. The smallest absolute Gasteiger partial charge is 0.355 e. The molecule has 21 heavy (non-hydrogen) atoms. The largest absolute Gasteiger partial charge is 0.476 e. The average Bonchev–Trinajstić information content (AvgIpc) is 2.91. The van der Waals surface area contributed by atoms with E-state index < -0.39 is 12.0 Å². The number of nitrogens with one attached hydrogen (secondary N) is 1. The number of carboxylic acids is 1. The van der Waals surface area contributed by atoms with Crippen molar-refractivity contribution in [2.75, 3.05) is 0 Å². The van der Waals surface area contributed by atoms with Crippen LogP contribution in [0.15, 0.2) is 28.1 Å². The topological polar surface area (TPSA) is 79.3 Å². The van der Waals surface area contributed by atoms with Crippen LogP contribution in [0.3, 0.4) is 0 Å². The summed E-state index contributed by atoms with van der Waals surface area (Å²) in [6.45, 7) is 1.74. The highest BCUT2D eigenvalue weighted by Gasteiger charge is 2.18. The van der Waals surface area contributed by atoms with Crippen LogP contribution in [0.2, 0.25) is 5.02 Å². The maximum absolute atomic E-state index is 12.2. The molecule has 1 atom stereocenters. The molecule has 0 aliphatic carbocycles. The molecule has 1 aromatic heterocycles. The number of amides is 1. The molecule has 8 heteroatoms. The maximum atomic E-state index is 12.2. The molecule has 0 aliphatic heterocycles. The molecule has 110 valence electrons. The second-order valence-electron chi connectivity index (χ2n) is 4.20. The van der Waals surface area contributed by atoms with Gasteiger partial charge in [-0.3, -0.25) is 4.79 Å². The molecule has 2 rings (SSSR count). The molecule has 0 fully saturated rings. The molecule has 0 aliphatic rings. The van der Waals surface area contributed by atoms with Gasteiger partial charge in [-0.1, -0.05) is 11.6 Å². The fourth-order valence-electron chi connectivity index (χ4n) is 1.59. The molecule has 2 aromatic rings. The van der Waals surface area contributed by atoms with Gasteiger partial charge in [-0.25, -0.2) is 9.78 Å². The lowest BCUT2D eigenvalue weighted by Gasteiger charge is -2.12. The van der Waals surface area contributed by atoms with Crippen LogP contribution >= 0.6 is 38.9 Å². The number of aromatic carboxylic acids is 1. The van der Waals surface area contributed by atoms with E-state index in [2.05, 4.69) is 26.2 Å². The molecular formula is C13H10BrClN2O3S. The number of hydrogen-bond acceptors (Lipinski definition) is 4. The number of carbonyl (C=O) groups is 2. The van der Waals surface area contributed by atoms with Gasteiger partial charge in [0.05, 0.1) is 11.6 Å². The Labute approximate surface area is 138 Å². The summed E-state index contributed by atoms with van der Waals surface area (Å²) in [5, 5.41) is 14.0. The van der Waals surface area contributed by atoms with Gasteiger partial charge >= 0.3 is 5.97 Å². The van der Waals surface area contributed by atoms with Crippen LogP contribution in [-0.2, 0) is 0 Å². The van der Waals surface area contributed by atoms with Gasteiger partial charge in [-0.2, -0.15) is 0 Å². The number of nitrogens with zero attached hydrogens (tertiary/aromatic N) is 1. The van der Waals surface area contributed by atoms with Gasteiger partial charge in [0.25, 0.3) is 5.91 Å². The van der Waals surface area contributed by atoms with Crippen LogP contribution < -0.4 is 5.32 Å². The Kier molecular flexibility index (Phi) is 4.97. The summed E-state index contributed by atoms with van der Waals surface area (Å²) in [4.78, 5) is 27.0. The van der Waals surface area contributed by atoms with Crippen molar-refractivity contribution in [1.29, 1.82) is 0 Å². The third kappa shape index (κ3) is 3.81. The van der Waals surface area contributed by atoms with Gasteiger partial charge in [0, 0.05) is 14.9 Å². The molecule has 2 N–H and O–H groups in total. The standard InChI is InChI=1S/C13H10BrClN2O3S/c1-6(12-17-10(5-21-12)13(19)20)16-11(18)8-4-7(15)2-3-9(8)14/h2-6H,1H3,(H,16,18)(H,19,20). The van der Waals surface area contributed by atoms with Gasteiger partial charge in [0.1, 0.15) is 5.01 Å². The Morgan fingerprint density at radius 3 is 2.81 bits per heavy atom. The Hall–Kier alpha value is -1.44. The van der Waals surface area contributed by atoms with Crippen LogP contribution in [-0.4, -0.2) is 22.0 Å². The Balaban J connectivity index is 2.14. The van der Waals surface area contributed by atoms with E-state index in [0.717, 1.165) is 0 Å². The number of thiazole rings is 1. The van der Waals surface area contributed by atoms with E-state index in [4.69, 9.17) is 16.7 Å². The minimum absolute atomic E-state index is 0.0277. The van der Waals surface area contributed by atoms with Gasteiger partial charge in [0.15, 0.2) is 5.69 Å². The highest BCUT2D eigenvalue weighted by molar-refractivity contribution is 9.10. The molecule has 1 aromatic carbocycles. The van der Waals surface area contributed by atoms with Crippen molar-refractivity contribution >= 4 is 50.7 Å². The van der Waals surface area contributed by atoms with E-state index in [1.165, 1.54) is 16.7 Å². The summed E-state index contributed by atoms with van der Waals surface area (Å²) in [5.74, 6) is -1.41. The van der Waals surface area contributed by atoms with Crippen molar-refractivity contribution in [3.63, 3.8) is 0 Å². The van der Waals surface area contributed by atoms with Crippen LogP contribution in [0.5, 0.6) is 0 Å². The number of rotatable bonds is 4. The van der Waals surface area contributed by atoms with Gasteiger partial charge in [-0.05, 0) is 41.1 Å². The summed E-state index contributed by atoms with van der Waals surface area (Å²) in [6.07, 6.45) is 0. The van der Waals surface area contributed by atoms with Crippen molar-refractivity contribution in [2.24, 2.45) is 0 Å². The number of hydrogen-bond donors (Lipinski definition) is 2. The Bertz CT molecular complexity index is 704. The predicted molar refractivity (Wildman–Crippen MR) is 84.1 cm³/mol. The second kappa shape index (κ2) is 6.55. The highest BCUT2D eigenvalue weighted by Crippen LogP contribution is 2.23. The van der Waals surface area contributed by atoms with Crippen LogP contribution in [0.1, 0.15) is 38.8 Å². The number of carbonyl (C=O) groups excluding carboxylic acids is 1. The fraction of sp³-hybridized carbons (Fsp3) is 0.154. The van der Waals surface area contributed by atoms with E-state index in [9.17, 15) is 9.59 Å². The third-order valence-electron chi connectivity index (χ3n) is 2.63. The fourth-order valence-corrected chi connectivity index (χ4v) is 2.99. The van der Waals surface area contributed by atoms with Crippen LogP contribution in [0.25, 0.3) is 0 Å². The number of aromatic nitrogens is 1. The average molecular weight is 390 g/mol. The first kappa shape index (κ1) is 15.9. The molecule has 1 amide bonds. The van der Waals surface area contributed by atoms with Gasteiger partial charge < -0.3 is 10.4 Å². The zero-order valence-electron chi connectivity index (χ0n) is 10.8. The van der Waals surface area contributed by atoms with Crippen molar-refractivity contribution in [1.82, 2.24) is 10.3 Å². The predicted octanol–water partition coefficient (Wildman–Crippen LogP) is 3.75. The van der Waals surface area contributed by atoms with Crippen molar-refractivity contribution in [3.8, 4) is 0 Å². The van der Waals surface area contributed by atoms with Crippen molar-refractivity contribution < 1.29 is 14.7 Å². The molecule has 0 saturated carbocycles. The summed E-state index contributed by atoms with van der Waals surface area (Å²) >= 11 is 10.4. The van der Waals surface area contributed by atoms with Crippen LogP contribution in [0, 0.1) is 0 Å².